The van der Waals surface area contributed by atoms with Crippen molar-refractivity contribution in [3.63, 3.8) is 0 Å². The predicted octanol–water partition coefficient (Wildman–Crippen LogP) is 4.95. The highest BCUT2D eigenvalue weighted by molar-refractivity contribution is 9.09. The molecule has 0 aliphatic rings. The average Bonchev–Trinajstić information content (AvgIpc) is 2.95. The molecule has 0 saturated carbocycles. The van der Waals surface area contributed by atoms with Crippen molar-refractivity contribution in [3.8, 4) is 11.5 Å². The molecule has 1 aromatic heterocycles. The van der Waals surface area contributed by atoms with Gasteiger partial charge in [0.05, 0.1) is 19.0 Å². The largest absolute Gasteiger partial charge is 0.493 e. The third-order valence-electron chi connectivity index (χ3n) is 3.06. The lowest BCUT2D eigenvalue weighted by atomic mass is 10.1. The molecule has 0 aliphatic heterocycles. The first kappa shape index (κ1) is 15.3. The molecule has 1 heterocycles. The number of methoxy groups -OCH3 is 2. The summed E-state index contributed by atoms with van der Waals surface area (Å²) in [6.45, 7) is 2.11. The first-order valence-corrected chi connectivity index (χ1v) is 7.98. The lowest BCUT2D eigenvalue weighted by Gasteiger charge is -2.14. The summed E-state index contributed by atoms with van der Waals surface area (Å²) >= 11 is 5.25. The smallest absolute Gasteiger partial charge is 0.163 e. The first-order valence-electron chi connectivity index (χ1n) is 6.24. The highest BCUT2D eigenvalue weighted by Gasteiger charge is 2.20. The summed E-state index contributed by atoms with van der Waals surface area (Å²) < 4.78 is 24.6. The van der Waals surface area contributed by atoms with E-state index in [1.54, 1.807) is 24.5 Å². The van der Waals surface area contributed by atoms with Crippen molar-refractivity contribution in [2.75, 3.05) is 14.2 Å². The highest BCUT2D eigenvalue weighted by Crippen LogP contribution is 2.40. The maximum Gasteiger partial charge on any atom is 0.163 e. The van der Waals surface area contributed by atoms with Gasteiger partial charge in [-0.15, -0.1) is 11.3 Å². The summed E-state index contributed by atoms with van der Waals surface area (Å²) in [5.41, 5.74) is 0.548. The highest BCUT2D eigenvalue weighted by atomic mass is 79.9. The van der Waals surface area contributed by atoms with Crippen LogP contribution in [-0.2, 0) is 6.42 Å². The Balaban J connectivity index is 2.40. The van der Waals surface area contributed by atoms with Gasteiger partial charge in [-0.3, -0.25) is 0 Å². The van der Waals surface area contributed by atoms with Gasteiger partial charge in [-0.2, -0.15) is 0 Å². The summed E-state index contributed by atoms with van der Waals surface area (Å²) in [5, 5.41) is 0. The molecular weight excluding hydrogens is 343 g/mol. The number of benzene rings is 1. The van der Waals surface area contributed by atoms with Crippen LogP contribution in [0.3, 0.4) is 0 Å². The Morgan fingerprint density at radius 1 is 1.20 bits per heavy atom. The van der Waals surface area contributed by atoms with Crippen molar-refractivity contribution in [2.24, 2.45) is 0 Å². The van der Waals surface area contributed by atoms with E-state index in [2.05, 4.69) is 28.9 Å². The van der Waals surface area contributed by atoms with Crippen LogP contribution in [0.15, 0.2) is 24.3 Å². The second kappa shape index (κ2) is 6.59. The van der Waals surface area contributed by atoms with Crippen LogP contribution >= 0.6 is 27.3 Å². The predicted molar refractivity (Wildman–Crippen MR) is 84.0 cm³/mol. The zero-order valence-electron chi connectivity index (χ0n) is 11.6. The van der Waals surface area contributed by atoms with Crippen molar-refractivity contribution < 1.29 is 13.9 Å². The third-order valence-corrected chi connectivity index (χ3v) is 5.64. The van der Waals surface area contributed by atoms with Gasteiger partial charge in [-0.05, 0) is 24.6 Å². The number of hydrogen-bond acceptors (Lipinski definition) is 3. The van der Waals surface area contributed by atoms with Crippen molar-refractivity contribution in [2.45, 2.75) is 18.2 Å². The number of thiophene rings is 1. The number of ether oxygens (including phenoxy) is 2. The SMILES string of the molecule is CCc1ccc(C(Br)c2cc(OC)c(OC)cc2F)s1. The number of aryl methyl sites for hydroxylation is 1. The zero-order valence-corrected chi connectivity index (χ0v) is 14.0. The number of halogens is 2. The summed E-state index contributed by atoms with van der Waals surface area (Å²) in [5.74, 6) is 0.616. The summed E-state index contributed by atoms with van der Waals surface area (Å²) in [7, 11) is 3.04. The minimum atomic E-state index is -0.309. The molecule has 20 heavy (non-hydrogen) atoms. The minimum absolute atomic E-state index is 0.187. The fraction of sp³-hybridized carbons (Fsp3) is 0.333. The molecule has 108 valence electrons. The molecule has 0 amide bonds. The lowest BCUT2D eigenvalue weighted by Crippen LogP contribution is -1.98. The van der Waals surface area contributed by atoms with E-state index in [0.29, 0.717) is 17.1 Å². The molecule has 5 heteroatoms. The van der Waals surface area contributed by atoms with Crippen LogP contribution in [0.5, 0.6) is 11.5 Å². The Hall–Kier alpha value is -1.07. The molecule has 2 rings (SSSR count). The van der Waals surface area contributed by atoms with E-state index in [0.717, 1.165) is 11.3 Å². The van der Waals surface area contributed by atoms with Gasteiger partial charge in [0.2, 0.25) is 0 Å². The second-order valence-corrected chi connectivity index (χ2v) is 6.36. The van der Waals surface area contributed by atoms with E-state index in [1.807, 2.05) is 6.07 Å². The Labute approximate surface area is 130 Å². The molecule has 1 unspecified atom stereocenters. The summed E-state index contributed by atoms with van der Waals surface area (Å²) in [6.07, 6.45) is 0.985. The minimum Gasteiger partial charge on any atom is -0.493 e. The molecule has 2 aromatic rings. The molecule has 0 aliphatic carbocycles. The fourth-order valence-corrected chi connectivity index (χ4v) is 3.67. The van der Waals surface area contributed by atoms with Crippen LogP contribution in [0.1, 0.15) is 27.1 Å². The molecular formula is C15H16BrFO2S. The number of hydrogen-bond donors (Lipinski definition) is 0. The number of rotatable bonds is 5. The maximum atomic E-state index is 14.2. The van der Waals surface area contributed by atoms with Crippen LogP contribution in [0.25, 0.3) is 0 Å². The zero-order chi connectivity index (χ0) is 14.7. The van der Waals surface area contributed by atoms with Crippen LogP contribution < -0.4 is 9.47 Å². The fourth-order valence-electron chi connectivity index (χ4n) is 1.94. The van der Waals surface area contributed by atoms with Crippen LogP contribution in [0, 0.1) is 5.82 Å². The van der Waals surface area contributed by atoms with E-state index in [1.165, 1.54) is 18.1 Å². The van der Waals surface area contributed by atoms with Gasteiger partial charge in [0.1, 0.15) is 5.82 Å². The van der Waals surface area contributed by atoms with Gasteiger partial charge in [-0.25, -0.2) is 4.39 Å². The van der Waals surface area contributed by atoms with Gasteiger partial charge in [0.25, 0.3) is 0 Å². The van der Waals surface area contributed by atoms with Gasteiger partial charge in [-0.1, -0.05) is 22.9 Å². The van der Waals surface area contributed by atoms with E-state index in [4.69, 9.17) is 9.47 Å². The quantitative estimate of drug-likeness (QED) is 0.703. The van der Waals surface area contributed by atoms with E-state index in [-0.39, 0.29) is 10.6 Å². The molecule has 0 saturated heterocycles. The Morgan fingerprint density at radius 3 is 2.40 bits per heavy atom. The maximum absolute atomic E-state index is 14.2. The van der Waals surface area contributed by atoms with Crippen molar-refractivity contribution in [1.29, 1.82) is 0 Å². The summed E-state index contributed by atoms with van der Waals surface area (Å²) in [4.78, 5) is 2.17. The van der Waals surface area contributed by atoms with Crippen LogP contribution in [0.2, 0.25) is 0 Å². The summed E-state index contributed by atoms with van der Waals surface area (Å²) in [6, 6.07) is 7.14. The Kier molecular flexibility index (Phi) is 5.05. The lowest BCUT2D eigenvalue weighted by molar-refractivity contribution is 0.351. The van der Waals surface area contributed by atoms with Crippen molar-refractivity contribution in [3.05, 3.63) is 45.4 Å². The third kappa shape index (κ3) is 2.99. The van der Waals surface area contributed by atoms with Gasteiger partial charge >= 0.3 is 0 Å². The average molecular weight is 359 g/mol. The second-order valence-electron chi connectivity index (χ2n) is 4.25. The van der Waals surface area contributed by atoms with Gasteiger partial charge in [0.15, 0.2) is 11.5 Å². The molecule has 0 spiro atoms. The Morgan fingerprint density at radius 2 is 1.85 bits per heavy atom. The standard InChI is InChI=1S/C15H16BrFO2S/c1-4-9-5-6-14(20-9)15(16)10-7-12(18-2)13(19-3)8-11(10)17/h5-8,15H,4H2,1-3H3. The molecule has 0 N–H and O–H groups in total. The molecule has 2 nitrogen and oxygen atoms in total. The monoisotopic (exact) mass is 358 g/mol. The Bertz CT molecular complexity index is 598. The molecule has 1 aromatic carbocycles. The van der Waals surface area contributed by atoms with E-state index in [9.17, 15) is 4.39 Å². The van der Waals surface area contributed by atoms with Crippen molar-refractivity contribution >= 4 is 27.3 Å². The molecule has 0 radical (unpaired) electrons. The van der Waals surface area contributed by atoms with Crippen LogP contribution in [0.4, 0.5) is 4.39 Å². The first-order chi connectivity index (χ1) is 9.60. The molecule has 0 bridgehead atoms. The molecule has 0 fully saturated rings. The number of alkyl halides is 1. The topological polar surface area (TPSA) is 18.5 Å². The van der Waals surface area contributed by atoms with Crippen LogP contribution in [-0.4, -0.2) is 14.2 Å². The van der Waals surface area contributed by atoms with Gasteiger partial charge < -0.3 is 9.47 Å². The van der Waals surface area contributed by atoms with E-state index < -0.39 is 0 Å². The van der Waals surface area contributed by atoms with Gasteiger partial charge in [0, 0.05) is 21.4 Å². The van der Waals surface area contributed by atoms with Crippen molar-refractivity contribution in [1.82, 2.24) is 0 Å². The molecule has 1 atom stereocenters. The van der Waals surface area contributed by atoms with E-state index >= 15 is 0 Å². The normalized spacial score (nSPS) is 12.2.